The molecule has 0 bridgehead atoms. The van der Waals surface area contributed by atoms with Crippen molar-refractivity contribution in [3.63, 3.8) is 0 Å². The van der Waals surface area contributed by atoms with Gasteiger partial charge in [-0.1, -0.05) is 12.5 Å². The maximum atomic E-state index is 11.6. The van der Waals surface area contributed by atoms with E-state index >= 15 is 0 Å². The van der Waals surface area contributed by atoms with Gasteiger partial charge in [0.1, 0.15) is 0 Å². The van der Waals surface area contributed by atoms with Crippen LogP contribution < -0.4 is 0 Å². The number of fused-ring (bicyclic) bond motifs is 1. The minimum Gasteiger partial charge on any atom is -0.469 e. The summed E-state index contributed by atoms with van der Waals surface area (Å²) in [4.78, 5) is 23.2. The zero-order valence-corrected chi connectivity index (χ0v) is 9.56. The largest absolute Gasteiger partial charge is 0.469 e. The summed E-state index contributed by atoms with van der Waals surface area (Å²) in [5.74, 6) is -0.371. The zero-order chi connectivity index (χ0) is 11.7. The summed E-state index contributed by atoms with van der Waals surface area (Å²) in [5, 5.41) is 0. The van der Waals surface area contributed by atoms with Crippen LogP contribution >= 0.6 is 0 Å². The van der Waals surface area contributed by atoms with Gasteiger partial charge in [0.25, 0.3) is 0 Å². The third-order valence-electron chi connectivity index (χ3n) is 3.68. The van der Waals surface area contributed by atoms with Crippen molar-refractivity contribution in [2.75, 3.05) is 14.2 Å². The van der Waals surface area contributed by atoms with Crippen LogP contribution in [-0.4, -0.2) is 26.2 Å². The second-order valence-electron chi connectivity index (χ2n) is 4.36. The molecule has 3 unspecified atom stereocenters. The molecule has 2 rings (SSSR count). The minimum atomic E-state index is -0.302. The summed E-state index contributed by atoms with van der Waals surface area (Å²) in [6, 6.07) is 0. The average Bonchev–Trinajstić information content (AvgIpc) is 2.87. The van der Waals surface area contributed by atoms with Crippen LogP contribution in [0.2, 0.25) is 0 Å². The van der Waals surface area contributed by atoms with E-state index in [9.17, 15) is 9.59 Å². The predicted octanol–water partition coefficient (Wildman–Crippen LogP) is 1.30. The van der Waals surface area contributed by atoms with Gasteiger partial charge in [0.2, 0.25) is 0 Å². The van der Waals surface area contributed by atoms with Crippen molar-refractivity contribution in [2.24, 2.45) is 17.8 Å². The molecule has 2 aliphatic carbocycles. The summed E-state index contributed by atoms with van der Waals surface area (Å²) < 4.78 is 9.51. The number of rotatable bonds is 2. The van der Waals surface area contributed by atoms with Crippen molar-refractivity contribution in [2.45, 2.75) is 19.3 Å². The molecule has 1 fully saturated rings. The summed E-state index contributed by atoms with van der Waals surface area (Å²) in [7, 11) is 2.76. The SMILES string of the molecule is COC(=O)C1=CC(C(=O)OC)C2CCCC12. The fraction of sp³-hybridized carbons (Fsp3) is 0.667. The smallest absolute Gasteiger partial charge is 0.333 e. The van der Waals surface area contributed by atoms with E-state index in [2.05, 4.69) is 0 Å². The first kappa shape index (κ1) is 11.2. The molecule has 0 aromatic heterocycles. The van der Waals surface area contributed by atoms with E-state index in [0.717, 1.165) is 19.3 Å². The Morgan fingerprint density at radius 1 is 1.25 bits per heavy atom. The molecule has 4 heteroatoms. The van der Waals surface area contributed by atoms with Crippen molar-refractivity contribution >= 4 is 11.9 Å². The Morgan fingerprint density at radius 3 is 2.62 bits per heavy atom. The first-order valence-electron chi connectivity index (χ1n) is 5.57. The summed E-state index contributed by atoms with van der Waals surface area (Å²) in [6.45, 7) is 0. The third kappa shape index (κ3) is 1.62. The number of carbonyl (C=O) groups excluding carboxylic acids is 2. The number of hydrogen-bond donors (Lipinski definition) is 0. The monoisotopic (exact) mass is 224 g/mol. The lowest BCUT2D eigenvalue weighted by Gasteiger charge is -2.16. The van der Waals surface area contributed by atoms with Gasteiger partial charge in [-0.05, 0) is 24.7 Å². The van der Waals surface area contributed by atoms with E-state index in [0.29, 0.717) is 5.57 Å². The van der Waals surface area contributed by atoms with Crippen molar-refractivity contribution in [1.82, 2.24) is 0 Å². The highest BCUT2D eigenvalue weighted by molar-refractivity contribution is 5.92. The molecule has 0 heterocycles. The fourth-order valence-corrected chi connectivity index (χ4v) is 2.96. The summed E-state index contributed by atoms with van der Waals surface area (Å²) in [6.07, 6.45) is 4.77. The molecule has 0 spiro atoms. The number of ether oxygens (including phenoxy) is 2. The highest BCUT2D eigenvalue weighted by Gasteiger charge is 2.46. The number of carbonyl (C=O) groups is 2. The molecule has 0 N–H and O–H groups in total. The molecule has 0 amide bonds. The Bertz CT molecular complexity index is 345. The van der Waals surface area contributed by atoms with E-state index in [1.165, 1.54) is 14.2 Å². The average molecular weight is 224 g/mol. The number of esters is 2. The van der Waals surface area contributed by atoms with Gasteiger partial charge < -0.3 is 9.47 Å². The first-order valence-corrected chi connectivity index (χ1v) is 5.57. The Hall–Kier alpha value is -1.32. The molecule has 4 nitrogen and oxygen atoms in total. The van der Waals surface area contributed by atoms with Gasteiger partial charge in [0.05, 0.1) is 20.1 Å². The van der Waals surface area contributed by atoms with Gasteiger partial charge in [0, 0.05) is 5.57 Å². The highest BCUT2D eigenvalue weighted by Crippen LogP contribution is 2.47. The van der Waals surface area contributed by atoms with Crippen LogP contribution in [0.15, 0.2) is 11.6 Å². The zero-order valence-electron chi connectivity index (χ0n) is 9.56. The summed E-state index contributed by atoms with van der Waals surface area (Å²) in [5.41, 5.74) is 0.667. The summed E-state index contributed by atoms with van der Waals surface area (Å²) >= 11 is 0. The Labute approximate surface area is 94.6 Å². The lowest BCUT2D eigenvalue weighted by atomic mass is 9.89. The molecule has 0 aliphatic heterocycles. The molecule has 0 aromatic carbocycles. The molecule has 0 radical (unpaired) electrons. The van der Waals surface area contributed by atoms with E-state index in [4.69, 9.17) is 9.47 Å². The number of methoxy groups -OCH3 is 2. The molecule has 16 heavy (non-hydrogen) atoms. The van der Waals surface area contributed by atoms with Crippen molar-refractivity contribution in [3.8, 4) is 0 Å². The van der Waals surface area contributed by atoms with Crippen LogP contribution in [0, 0.1) is 17.8 Å². The van der Waals surface area contributed by atoms with Gasteiger partial charge in [-0.15, -0.1) is 0 Å². The van der Waals surface area contributed by atoms with E-state index in [1.54, 1.807) is 6.08 Å². The standard InChI is InChI=1S/C12H16O4/c1-15-11(13)9-6-10(12(14)16-2)8-5-3-4-7(8)9/h6-9H,3-5H2,1-2H3. The van der Waals surface area contributed by atoms with Crippen LogP contribution in [0.25, 0.3) is 0 Å². The predicted molar refractivity (Wildman–Crippen MR) is 56.4 cm³/mol. The Morgan fingerprint density at radius 2 is 2.00 bits per heavy atom. The van der Waals surface area contributed by atoms with Crippen LogP contribution in [0.3, 0.4) is 0 Å². The van der Waals surface area contributed by atoms with Gasteiger partial charge >= 0.3 is 11.9 Å². The third-order valence-corrected chi connectivity index (χ3v) is 3.68. The van der Waals surface area contributed by atoms with E-state index in [-0.39, 0.29) is 29.7 Å². The van der Waals surface area contributed by atoms with E-state index < -0.39 is 0 Å². The molecule has 0 saturated heterocycles. The topological polar surface area (TPSA) is 52.6 Å². The van der Waals surface area contributed by atoms with Crippen LogP contribution in [-0.2, 0) is 19.1 Å². The Balaban J connectivity index is 2.25. The first-order chi connectivity index (χ1) is 7.69. The molecule has 2 aliphatic rings. The van der Waals surface area contributed by atoms with Crippen molar-refractivity contribution < 1.29 is 19.1 Å². The molecule has 3 atom stereocenters. The van der Waals surface area contributed by atoms with Gasteiger partial charge in [-0.3, -0.25) is 4.79 Å². The quantitative estimate of drug-likeness (QED) is 0.663. The van der Waals surface area contributed by atoms with Gasteiger partial charge in [-0.2, -0.15) is 0 Å². The molecule has 0 aromatic rings. The lowest BCUT2D eigenvalue weighted by molar-refractivity contribution is -0.145. The second-order valence-corrected chi connectivity index (χ2v) is 4.36. The molecule has 88 valence electrons. The maximum Gasteiger partial charge on any atom is 0.333 e. The Kier molecular flexibility index (Phi) is 2.99. The molecular formula is C12H16O4. The van der Waals surface area contributed by atoms with E-state index in [1.807, 2.05) is 0 Å². The van der Waals surface area contributed by atoms with Gasteiger partial charge in [-0.25, -0.2) is 4.79 Å². The highest BCUT2D eigenvalue weighted by atomic mass is 16.5. The fourth-order valence-electron chi connectivity index (χ4n) is 2.96. The lowest BCUT2D eigenvalue weighted by Crippen LogP contribution is -2.21. The van der Waals surface area contributed by atoms with Crippen LogP contribution in [0.5, 0.6) is 0 Å². The second kappa shape index (κ2) is 4.28. The maximum absolute atomic E-state index is 11.6. The van der Waals surface area contributed by atoms with Crippen LogP contribution in [0.1, 0.15) is 19.3 Å². The van der Waals surface area contributed by atoms with Crippen LogP contribution in [0.4, 0.5) is 0 Å². The van der Waals surface area contributed by atoms with Crippen molar-refractivity contribution in [3.05, 3.63) is 11.6 Å². The normalized spacial score (nSPS) is 31.9. The molecular weight excluding hydrogens is 208 g/mol. The minimum absolute atomic E-state index is 0.191. The molecule has 1 saturated carbocycles. The number of hydrogen-bond acceptors (Lipinski definition) is 4. The van der Waals surface area contributed by atoms with Crippen molar-refractivity contribution in [1.29, 1.82) is 0 Å². The van der Waals surface area contributed by atoms with Gasteiger partial charge in [0.15, 0.2) is 0 Å².